The molecule has 1 rings (SSSR count). The van der Waals surface area contributed by atoms with E-state index in [1.165, 1.54) is 0 Å². The van der Waals surface area contributed by atoms with E-state index in [4.69, 9.17) is 5.11 Å². The Bertz CT molecular complexity index is 285. The molecular formula is C14H25NO3. The predicted molar refractivity (Wildman–Crippen MR) is 70.3 cm³/mol. The molecular weight excluding hydrogens is 230 g/mol. The molecule has 0 bridgehead atoms. The van der Waals surface area contributed by atoms with Crippen LogP contribution in [0.25, 0.3) is 0 Å². The summed E-state index contributed by atoms with van der Waals surface area (Å²) in [5, 5.41) is 8.99. The van der Waals surface area contributed by atoms with Crippen LogP contribution in [0.3, 0.4) is 0 Å². The largest absolute Gasteiger partial charge is 0.481 e. The molecule has 0 aromatic rings. The summed E-state index contributed by atoms with van der Waals surface area (Å²) in [6.45, 7) is 4.10. The van der Waals surface area contributed by atoms with E-state index < -0.39 is 11.9 Å². The van der Waals surface area contributed by atoms with Gasteiger partial charge in [0, 0.05) is 19.0 Å². The molecule has 1 atom stereocenters. The van der Waals surface area contributed by atoms with Gasteiger partial charge in [0.25, 0.3) is 0 Å². The van der Waals surface area contributed by atoms with Crippen LogP contribution in [0.1, 0.15) is 58.8 Å². The molecule has 0 heterocycles. The van der Waals surface area contributed by atoms with Crippen LogP contribution in [0.5, 0.6) is 0 Å². The van der Waals surface area contributed by atoms with E-state index in [2.05, 4.69) is 6.92 Å². The summed E-state index contributed by atoms with van der Waals surface area (Å²) in [4.78, 5) is 25.0. The number of carbonyl (C=O) groups is 2. The first-order valence-corrected chi connectivity index (χ1v) is 7.08. The minimum Gasteiger partial charge on any atom is -0.481 e. The third-order valence-electron chi connectivity index (χ3n) is 3.72. The number of nitrogens with zero attached hydrogens (tertiary/aromatic N) is 1. The molecule has 1 N–H and O–H groups in total. The maximum atomic E-state index is 12.2. The quantitative estimate of drug-likeness (QED) is 0.761. The zero-order valence-electron chi connectivity index (χ0n) is 11.5. The Morgan fingerprint density at radius 3 is 2.44 bits per heavy atom. The fourth-order valence-corrected chi connectivity index (χ4v) is 2.52. The van der Waals surface area contributed by atoms with Crippen molar-refractivity contribution in [2.24, 2.45) is 5.92 Å². The van der Waals surface area contributed by atoms with E-state index in [0.29, 0.717) is 13.0 Å². The highest BCUT2D eigenvalue weighted by Crippen LogP contribution is 2.25. The van der Waals surface area contributed by atoms with Gasteiger partial charge in [-0.3, -0.25) is 9.59 Å². The van der Waals surface area contributed by atoms with Gasteiger partial charge in [0.15, 0.2) is 0 Å². The summed E-state index contributed by atoms with van der Waals surface area (Å²) in [5.74, 6) is -1.16. The average molecular weight is 255 g/mol. The highest BCUT2D eigenvalue weighted by molar-refractivity contribution is 5.77. The van der Waals surface area contributed by atoms with Crippen molar-refractivity contribution in [3.63, 3.8) is 0 Å². The average Bonchev–Trinajstić information content (AvgIpc) is 2.85. The van der Waals surface area contributed by atoms with Crippen molar-refractivity contribution in [3.8, 4) is 0 Å². The Morgan fingerprint density at radius 2 is 1.94 bits per heavy atom. The Kier molecular flexibility index (Phi) is 6.16. The first-order valence-electron chi connectivity index (χ1n) is 7.08. The van der Waals surface area contributed by atoms with E-state index >= 15 is 0 Å². The first-order chi connectivity index (χ1) is 8.56. The highest BCUT2D eigenvalue weighted by Gasteiger charge is 2.28. The van der Waals surface area contributed by atoms with Gasteiger partial charge in [-0.25, -0.2) is 0 Å². The Balaban J connectivity index is 2.61. The molecule has 1 amide bonds. The van der Waals surface area contributed by atoms with Crippen molar-refractivity contribution < 1.29 is 14.7 Å². The van der Waals surface area contributed by atoms with Gasteiger partial charge in [-0.2, -0.15) is 0 Å². The Morgan fingerprint density at radius 1 is 1.33 bits per heavy atom. The van der Waals surface area contributed by atoms with E-state index in [9.17, 15) is 9.59 Å². The zero-order valence-corrected chi connectivity index (χ0v) is 11.5. The predicted octanol–water partition coefficient (Wildman–Crippen LogP) is 2.67. The molecule has 1 aliphatic carbocycles. The summed E-state index contributed by atoms with van der Waals surface area (Å²) < 4.78 is 0. The summed E-state index contributed by atoms with van der Waals surface area (Å²) >= 11 is 0. The van der Waals surface area contributed by atoms with Crippen LogP contribution >= 0.6 is 0 Å². The lowest BCUT2D eigenvalue weighted by Gasteiger charge is -2.30. The molecule has 0 spiro atoms. The van der Waals surface area contributed by atoms with Crippen molar-refractivity contribution in [3.05, 3.63) is 0 Å². The topological polar surface area (TPSA) is 57.6 Å². The molecule has 4 nitrogen and oxygen atoms in total. The number of carbonyl (C=O) groups excluding carboxylic acids is 1. The van der Waals surface area contributed by atoms with Crippen LogP contribution in [0, 0.1) is 5.92 Å². The number of carboxylic acids is 1. The van der Waals surface area contributed by atoms with E-state index in [1.807, 2.05) is 4.90 Å². The Hall–Kier alpha value is -1.06. The van der Waals surface area contributed by atoms with Gasteiger partial charge in [-0.05, 0) is 19.3 Å². The van der Waals surface area contributed by atoms with Crippen LogP contribution in [-0.2, 0) is 9.59 Å². The second-order valence-electron chi connectivity index (χ2n) is 5.33. The fraction of sp³-hybridized carbons (Fsp3) is 0.857. The smallest absolute Gasteiger partial charge is 0.308 e. The summed E-state index contributed by atoms with van der Waals surface area (Å²) in [6, 6.07) is 0.274. The van der Waals surface area contributed by atoms with Crippen LogP contribution < -0.4 is 0 Å². The van der Waals surface area contributed by atoms with E-state index in [-0.39, 0.29) is 11.9 Å². The summed E-state index contributed by atoms with van der Waals surface area (Å²) in [5.41, 5.74) is 0. The van der Waals surface area contributed by atoms with E-state index in [1.54, 1.807) is 6.92 Å². The minimum atomic E-state index is -0.818. The monoisotopic (exact) mass is 255 g/mol. The van der Waals surface area contributed by atoms with Gasteiger partial charge >= 0.3 is 5.97 Å². The molecule has 0 aromatic carbocycles. The maximum Gasteiger partial charge on any atom is 0.308 e. The van der Waals surface area contributed by atoms with Crippen LogP contribution in [0.4, 0.5) is 0 Å². The van der Waals surface area contributed by atoms with Gasteiger partial charge in [0.05, 0.1) is 5.92 Å². The lowest BCUT2D eigenvalue weighted by molar-refractivity contribution is -0.143. The SMILES string of the molecule is CCCCC(=O)N(CC(C)C(=O)O)C1CCCC1. The molecule has 4 heteroatoms. The first kappa shape index (κ1) is 15.0. The van der Waals surface area contributed by atoms with Gasteiger partial charge in [-0.1, -0.05) is 33.1 Å². The highest BCUT2D eigenvalue weighted by atomic mass is 16.4. The lowest BCUT2D eigenvalue weighted by Crippen LogP contribution is -2.42. The molecule has 1 saturated carbocycles. The minimum absolute atomic E-state index is 0.136. The van der Waals surface area contributed by atoms with Crippen LogP contribution in [0.15, 0.2) is 0 Å². The van der Waals surface area contributed by atoms with Crippen molar-refractivity contribution in [1.29, 1.82) is 0 Å². The lowest BCUT2D eigenvalue weighted by atomic mass is 10.1. The number of hydrogen-bond acceptors (Lipinski definition) is 2. The number of carboxylic acid groups (broad SMARTS) is 1. The van der Waals surface area contributed by atoms with E-state index in [0.717, 1.165) is 38.5 Å². The molecule has 1 aliphatic rings. The molecule has 1 unspecified atom stereocenters. The third-order valence-corrected chi connectivity index (χ3v) is 3.72. The molecule has 0 aromatic heterocycles. The fourth-order valence-electron chi connectivity index (χ4n) is 2.52. The van der Waals surface area contributed by atoms with Crippen molar-refractivity contribution in [2.45, 2.75) is 64.8 Å². The Labute approximate surface area is 109 Å². The number of aliphatic carboxylic acids is 1. The van der Waals surface area contributed by atoms with Crippen molar-refractivity contribution >= 4 is 11.9 Å². The van der Waals surface area contributed by atoms with Gasteiger partial charge in [0.1, 0.15) is 0 Å². The van der Waals surface area contributed by atoms with Crippen LogP contribution in [0.2, 0.25) is 0 Å². The second-order valence-corrected chi connectivity index (χ2v) is 5.33. The maximum absolute atomic E-state index is 12.2. The molecule has 0 saturated heterocycles. The van der Waals surface area contributed by atoms with Gasteiger partial charge in [-0.15, -0.1) is 0 Å². The molecule has 1 fully saturated rings. The van der Waals surface area contributed by atoms with Crippen molar-refractivity contribution in [2.75, 3.05) is 6.54 Å². The summed E-state index contributed by atoms with van der Waals surface area (Å²) in [6.07, 6.45) is 6.82. The zero-order chi connectivity index (χ0) is 13.5. The number of rotatable bonds is 7. The number of hydrogen-bond donors (Lipinski definition) is 1. The number of unbranched alkanes of at least 4 members (excludes halogenated alkanes) is 1. The standard InChI is InChI=1S/C14H25NO3/c1-3-4-9-13(16)15(10-11(2)14(17)18)12-7-5-6-8-12/h11-12H,3-10H2,1-2H3,(H,17,18). The third kappa shape index (κ3) is 4.31. The normalized spacial score (nSPS) is 17.7. The van der Waals surface area contributed by atoms with Gasteiger partial charge < -0.3 is 10.0 Å². The summed E-state index contributed by atoms with van der Waals surface area (Å²) in [7, 11) is 0. The van der Waals surface area contributed by atoms with Gasteiger partial charge in [0.2, 0.25) is 5.91 Å². The molecule has 18 heavy (non-hydrogen) atoms. The van der Waals surface area contributed by atoms with Crippen molar-refractivity contribution in [1.82, 2.24) is 4.90 Å². The molecule has 0 aliphatic heterocycles. The van der Waals surface area contributed by atoms with Crippen LogP contribution in [-0.4, -0.2) is 34.5 Å². The molecule has 0 radical (unpaired) electrons. The number of amides is 1. The molecule has 104 valence electrons. The second kappa shape index (κ2) is 7.39.